The summed E-state index contributed by atoms with van der Waals surface area (Å²) < 4.78 is 12.2. The van der Waals surface area contributed by atoms with Crippen LogP contribution in [-0.2, 0) is 6.54 Å². The van der Waals surface area contributed by atoms with E-state index in [0.717, 1.165) is 5.56 Å². The van der Waals surface area contributed by atoms with Crippen molar-refractivity contribution in [3.8, 4) is 11.8 Å². The number of hydrogen-bond acceptors (Lipinski definition) is 7. The molecule has 26 heavy (non-hydrogen) atoms. The molecule has 3 rings (SSSR count). The lowest BCUT2D eigenvalue weighted by molar-refractivity contribution is 0.244. The first-order chi connectivity index (χ1) is 12.6. The van der Waals surface area contributed by atoms with Crippen LogP contribution in [0.2, 0.25) is 0 Å². The van der Waals surface area contributed by atoms with Gasteiger partial charge in [-0.2, -0.15) is 9.97 Å². The van der Waals surface area contributed by atoms with E-state index in [1.54, 1.807) is 7.11 Å². The van der Waals surface area contributed by atoms with Crippen molar-refractivity contribution in [3.63, 3.8) is 0 Å². The third-order valence-electron chi connectivity index (χ3n) is 3.89. The number of nitrogens with one attached hydrogen (secondary N) is 1. The molecule has 0 bridgehead atoms. The fourth-order valence-corrected chi connectivity index (χ4v) is 2.57. The van der Waals surface area contributed by atoms with E-state index < -0.39 is 0 Å². The summed E-state index contributed by atoms with van der Waals surface area (Å²) in [5.41, 5.74) is 7.24. The second-order valence-electron chi connectivity index (χ2n) is 5.74. The number of unbranched alkanes of at least 4 members (excludes halogenated alkanes) is 1. The molecule has 0 atom stereocenters. The Labute approximate surface area is 149 Å². The number of imidazole rings is 1. The maximum absolute atomic E-state index is 12.3. The van der Waals surface area contributed by atoms with Gasteiger partial charge in [0.1, 0.15) is 11.3 Å². The van der Waals surface area contributed by atoms with Crippen molar-refractivity contribution in [1.29, 1.82) is 0 Å². The summed E-state index contributed by atoms with van der Waals surface area (Å²) >= 11 is 0. The second-order valence-corrected chi connectivity index (χ2v) is 5.74. The first-order valence-electron chi connectivity index (χ1n) is 8.25. The minimum atomic E-state index is -0.332. The highest BCUT2D eigenvalue weighted by molar-refractivity contribution is 5.81. The summed E-state index contributed by atoms with van der Waals surface area (Å²) in [7, 11) is 1.59. The number of H-pyrrole nitrogens is 1. The molecule has 0 radical (unpaired) electrons. The molecule has 0 saturated heterocycles. The second kappa shape index (κ2) is 7.87. The number of aromatic nitrogens is 4. The number of hydrogen-bond donors (Lipinski definition) is 3. The van der Waals surface area contributed by atoms with Crippen molar-refractivity contribution in [2.45, 2.75) is 19.4 Å². The smallest absolute Gasteiger partial charge is 0.328 e. The highest BCUT2D eigenvalue weighted by Gasteiger charge is 2.15. The minimum absolute atomic E-state index is 0.100. The molecule has 2 aromatic heterocycles. The molecule has 0 saturated carbocycles. The molecule has 9 heteroatoms. The van der Waals surface area contributed by atoms with E-state index in [4.69, 9.17) is 20.3 Å². The van der Waals surface area contributed by atoms with Gasteiger partial charge in [0.15, 0.2) is 11.5 Å². The maximum Gasteiger partial charge on any atom is 0.328 e. The molecular weight excluding hydrogens is 338 g/mol. The van der Waals surface area contributed by atoms with Gasteiger partial charge < -0.3 is 25.3 Å². The van der Waals surface area contributed by atoms with E-state index in [1.165, 1.54) is 4.57 Å². The van der Waals surface area contributed by atoms with Crippen LogP contribution in [-0.4, -0.2) is 44.9 Å². The first-order valence-corrected chi connectivity index (χ1v) is 8.25. The number of aromatic amines is 1. The number of anilines is 1. The zero-order chi connectivity index (χ0) is 18.5. The van der Waals surface area contributed by atoms with Gasteiger partial charge in [0, 0.05) is 6.61 Å². The Morgan fingerprint density at radius 1 is 1.31 bits per heavy atom. The van der Waals surface area contributed by atoms with Crippen LogP contribution in [0.25, 0.3) is 11.2 Å². The van der Waals surface area contributed by atoms with Crippen molar-refractivity contribution in [2.75, 3.05) is 26.1 Å². The van der Waals surface area contributed by atoms with E-state index in [9.17, 15) is 4.79 Å². The molecule has 0 unspecified atom stereocenters. The third-order valence-corrected chi connectivity index (χ3v) is 3.89. The normalized spacial score (nSPS) is 11.0. The summed E-state index contributed by atoms with van der Waals surface area (Å²) in [5, 5.41) is 8.81. The summed E-state index contributed by atoms with van der Waals surface area (Å²) in [6.45, 7) is 0.760. The summed E-state index contributed by atoms with van der Waals surface area (Å²) in [4.78, 5) is 23.4. The lowest BCUT2D eigenvalue weighted by Crippen LogP contribution is -2.17. The summed E-state index contributed by atoms with van der Waals surface area (Å²) in [5.74, 6) is 0.853. The molecule has 1 aromatic carbocycles. The number of aliphatic hydroxyl groups is 1. The average molecular weight is 359 g/mol. The molecule has 0 fully saturated rings. The largest absolute Gasteiger partial charge is 0.497 e. The van der Waals surface area contributed by atoms with Crippen LogP contribution in [0.3, 0.4) is 0 Å². The van der Waals surface area contributed by atoms with Gasteiger partial charge in [-0.3, -0.25) is 4.57 Å². The van der Waals surface area contributed by atoms with E-state index >= 15 is 0 Å². The topological polar surface area (TPSA) is 128 Å². The van der Waals surface area contributed by atoms with Crippen molar-refractivity contribution >= 4 is 17.0 Å². The zero-order valence-corrected chi connectivity index (χ0v) is 14.4. The number of nitrogens with two attached hydrogens (primary N) is 1. The van der Waals surface area contributed by atoms with Crippen LogP contribution < -0.4 is 20.9 Å². The van der Waals surface area contributed by atoms with Gasteiger partial charge in [0.25, 0.3) is 0 Å². The van der Waals surface area contributed by atoms with Crippen molar-refractivity contribution in [2.24, 2.45) is 0 Å². The Hall–Kier alpha value is -3.07. The fraction of sp³-hybridized carbons (Fsp3) is 0.353. The van der Waals surface area contributed by atoms with Crippen LogP contribution in [0.1, 0.15) is 18.4 Å². The molecule has 0 aliphatic rings. The Balaban J connectivity index is 1.92. The quantitative estimate of drug-likeness (QED) is 0.510. The summed E-state index contributed by atoms with van der Waals surface area (Å²) in [6.07, 6.45) is 1.30. The highest BCUT2D eigenvalue weighted by Crippen LogP contribution is 2.19. The Morgan fingerprint density at radius 2 is 2.15 bits per heavy atom. The van der Waals surface area contributed by atoms with Crippen LogP contribution in [0.5, 0.6) is 11.8 Å². The number of benzene rings is 1. The van der Waals surface area contributed by atoms with Gasteiger partial charge in [0.2, 0.25) is 0 Å². The number of fused-ring (bicyclic) bond motifs is 1. The lowest BCUT2D eigenvalue weighted by atomic mass is 10.2. The van der Waals surface area contributed by atoms with Crippen LogP contribution in [0, 0.1) is 0 Å². The fourth-order valence-electron chi connectivity index (χ4n) is 2.57. The van der Waals surface area contributed by atoms with Crippen LogP contribution in [0.4, 0.5) is 5.82 Å². The van der Waals surface area contributed by atoms with E-state index in [2.05, 4.69) is 15.0 Å². The minimum Gasteiger partial charge on any atom is -0.497 e. The van der Waals surface area contributed by atoms with Gasteiger partial charge in [0.05, 0.1) is 20.3 Å². The SMILES string of the molecule is COc1cccc(Cn2c(=O)[nH]c3c(N)nc(OCCCCO)nc32)c1. The molecular formula is C17H21N5O4. The molecule has 0 aliphatic heterocycles. The van der Waals surface area contributed by atoms with Crippen LogP contribution in [0.15, 0.2) is 29.1 Å². The number of nitrogen functional groups attached to an aromatic ring is 1. The van der Waals surface area contributed by atoms with Gasteiger partial charge in [-0.25, -0.2) is 4.79 Å². The maximum atomic E-state index is 12.3. The van der Waals surface area contributed by atoms with Crippen molar-refractivity contribution in [3.05, 3.63) is 40.3 Å². The average Bonchev–Trinajstić information content (AvgIpc) is 2.95. The zero-order valence-electron chi connectivity index (χ0n) is 14.4. The highest BCUT2D eigenvalue weighted by atomic mass is 16.5. The molecule has 4 N–H and O–H groups in total. The Bertz CT molecular complexity index is 950. The van der Waals surface area contributed by atoms with Crippen molar-refractivity contribution in [1.82, 2.24) is 19.5 Å². The molecule has 138 valence electrons. The molecule has 3 aromatic rings. The lowest BCUT2D eigenvalue weighted by Gasteiger charge is -2.08. The van der Waals surface area contributed by atoms with Gasteiger partial charge >= 0.3 is 11.7 Å². The number of rotatable bonds is 8. The van der Waals surface area contributed by atoms with Crippen molar-refractivity contribution < 1.29 is 14.6 Å². The molecule has 9 nitrogen and oxygen atoms in total. The first kappa shape index (κ1) is 17.7. The molecule has 0 aliphatic carbocycles. The van der Waals surface area contributed by atoms with Gasteiger partial charge in [-0.05, 0) is 30.5 Å². The predicted octanol–water partition coefficient (Wildman–Crippen LogP) is 0.910. The Morgan fingerprint density at radius 3 is 2.92 bits per heavy atom. The van der Waals surface area contributed by atoms with E-state index in [0.29, 0.717) is 42.9 Å². The number of nitrogens with zero attached hydrogens (tertiary/aromatic N) is 3. The monoisotopic (exact) mass is 359 g/mol. The molecule has 0 spiro atoms. The Kier molecular flexibility index (Phi) is 5.37. The number of aliphatic hydroxyl groups excluding tert-OH is 1. The van der Waals surface area contributed by atoms with Crippen LogP contribution >= 0.6 is 0 Å². The number of ether oxygens (including phenoxy) is 2. The predicted molar refractivity (Wildman–Crippen MR) is 96.5 cm³/mol. The molecule has 2 heterocycles. The summed E-state index contributed by atoms with van der Waals surface area (Å²) in [6, 6.07) is 7.53. The molecule has 0 amide bonds. The number of methoxy groups -OCH3 is 1. The standard InChI is InChI=1S/C17H21N5O4/c1-25-12-6-4-5-11(9-12)10-22-15-13(19-17(22)24)14(18)20-16(21-15)26-8-3-2-7-23/h4-6,9,23H,2-3,7-8,10H2,1H3,(H,19,24)(H2,18,20,21). The third kappa shape index (κ3) is 3.77. The van der Waals surface area contributed by atoms with E-state index in [1.807, 2.05) is 24.3 Å². The van der Waals surface area contributed by atoms with Gasteiger partial charge in [-0.15, -0.1) is 0 Å². The van der Waals surface area contributed by atoms with Gasteiger partial charge in [-0.1, -0.05) is 12.1 Å². The van der Waals surface area contributed by atoms with E-state index in [-0.39, 0.29) is 24.1 Å².